The van der Waals surface area contributed by atoms with Crippen LogP contribution in [0, 0.1) is 6.92 Å². The fourth-order valence-electron chi connectivity index (χ4n) is 2.18. The van der Waals surface area contributed by atoms with Crippen LogP contribution < -0.4 is 10.6 Å². The van der Waals surface area contributed by atoms with E-state index in [1.807, 2.05) is 43.3 Å². The summed E-state index contributed by atoms with van der Waals surface area (Å²) in [5.41, 5.74) is 2.73. The summed E-state index contributed by atoms with van der Waals surface area (Å²) in [6.45, 7) is 2.36. The zero-order valence-electron chi connectivity index (χ0n) is 13.5. The molecule has 0 saturated carbocycles. The maximum Gasteiger partial charge on any atom is 0.274 e. The standard InChI is InChI=1S/C18H16BrN5O/c1-12-9-16(17(25)23-15-6-4-14(19)5-7-15)24-18(22-12)21-11-13-3-2-8-20-10-13/h2-10H,11H2,1H3,(H,23,25)(H,21,22,24). The highest BCUT2D eigenvalue weighted by Gasteiger charge is 2.11. The first-order valence-electron chi connectivity index (χ1n) is 7.65. The van der Waals surface area contributed by atoms with E-state index >= 15 is 0 Å². The Labute approximate surface area is 153 Å². The second-order valence-corrected chi connectivity index (χ2v) is 6.31. The Morgan fingerprint density at radius 3 is 2.68 bits per heavy atom. The van der Waals surface area contributed by atoms with Crippen molar-refractivity contribution in [3.63, 3.8) is 0 Å². The molecule has 0 saturated heterocycles. The third kappa shape index (κ3) is 4.84. The molecule has 0 fully saturated rings. The highest BCUT2D eigenvalue weighted by Crippen LogP contribution is 2.15. The van der Waals surface area contributed by atoms with Gasteiger partial charge in [0.05, 0.1) is 0 Å². The first-order chi connectivity index (χ1) is 12.1. The molecule has 1 aromatic carbocycles. The normalized spacial score (nSPS) is 10.3. The molecule has 0 aliphatic carbocycles. The zero-order chi connectivity index (χ0) is 17.6. The van der Waals surface area contributed by atoms with Crippen LogP contribution in [0.15, 0.2) is 59.3 Å². The molecule has 0 bridgehead atoms. The summed E-state index contributed by atoms with van der Waals surface area (Å²) in [4.78, 5) is 25.1. The van der Waals surface area contributed by atoms with Crippen molar-refractivity contribution >= 4 is 33.5 Å². The summed E-state index contributed by atoms with van der Waals surface area (Å²) in [7, 11) is 0. The summed E-state index contributed by atoms with van der Waals surface area (Å²) < 4.78 is 0.949. The number of hydrogen-bond acceptors (Lipinski definition) is 5. The molecule has 2 aromatic heterocycles. The van der Waals surface area contributed by atoms with Gasteiger partial charge >= 0.3 is 0 Å². The summed E-state index contributed by atoms with van der Waals surface area (Å²) in [5, 5.41) is 5.95. The van der Waals surface area contributed by atoms with Crippen LogP contribution in [-0.2, 0) is 6.54 Å². The molecule has 2 N–H and O–H groups in total. The molecule has 3 rings (SSSR count). The van der Waals surface area contributed by atoms with Crippen LogP contribution in [0.3, 0.4) is 0 Å². The lowest BCUT2D eigenvalue weighted by atomic mass is 10.3. The van der Waals surface area contributed by atoms with Crippen LogP contribution in [0.5, 0.6) is 0 Å². The topological polar surface area (TPSA) is 79.8 Å². The minimum atomic E-state index is -0.280. The van der Waals surface area contributed by atoms with Crippen LogP contribution in [0.4, 0.5) is 11.6 Å². The van der Waals surface area contributed by atoms with Gasteiger partial charge in [-0.15, -0.1) is 0 Å². The molecule has 0 radical (unpaired) electrons. The molecule has 0 unspecified atom stereocenters. The lowest BCUT2D eigenvalue weighted by Crippen LogP contribution is -2.16. The van der Waals surface area contributed by atoms with Gasteiger partial charge in [0.2, 0.25) is 5.95 Å². The van der Waals surface area contributed by atoms with Crippen LogP contribution >= 0.6 is 15.9 Å². The Bertz CT molecular complexity index is 868. The molecule has 0 aliphatic rings. The van der Waals surface area contributed by atoms with E-state index in [0.29, 0.717) is 29.6 Å². The third-order valence-corrected chi connectivity index (χ3v) is 3.89. The lowest BCUT2D eigenvalue weighted by Gasteiger charge is -2.09. The molecular formula is C18H16BrN5O. The van der Waals surface area contributed by atoms with Crippen molar-refractivity contribution in [1.29, 1.82) is 0 Å². The van der Waals surface area contributed by atoms with E-state index in [0.717, 1.165) is 10.0 Å². The number of aryl methyl sites for hydroxylation is 1. The van der Waals surface area contributed by atoms with Gasteiger partial charge in [0.1, 0.15) is 5.69 Å². The Morgan fingerprint density at radius 1 is 1.16 bits per heavy atom. The number of anilines is 2. The van der Waals surface area contributed by atoms with E-state index in [2.05, 4.69) is 41.5 Å². The maximum atomic E-state index is 12.4. The Kier molecular flexibility index (Phi) is 5.35. The minimum absolute atomic E-state index is 0.280. The second kappa shape index (κ2) is 7.85. The molecule has 7 heteroatoms. The van der Waals surface area contributed by atoms with E-state index in [4.69, 9.17) is 0 Å². The van der Waals surface area contributed by atoms with Gasteiger partial charge in [0.25, 0.3) is 5.91 Å². The first kappa shape index (κ1) is 17.0. The van der Waals surface area contributed by atoms with Gasteiger partial charge in [0.15, 0.2) is 0 Å². The number of nitrogens with one attached hydrogen (secondary N) is 2. The average molecular weight is 398 g/mol. The number of carbonyl (C=O) groups excluding carboxylic acids is 1. The van der Waals surface area contributed by atoms with Crippen molar-refractivity contribution in [2.75, 3.05) is 10.6 Å². The second-order valence-electron chi connectivity index (χ2n) is 5.39. The average Bonchev–Trinajstić information content (AvgIpc) is 2.62. The Hall–Kier alpha value is -2.80. The zero-order valence-corrected chi connectivity index (χ0v) is 15.1. The van der Waals surface area contributed by atoms with E-state index in [9.17, 15) is 4.79 Å². The first-order valence-corrected chi connectivity index (χ1v) is 8.45. The van der Waals surface area contributed by atoms with Crippen molar-refractivity contribution in [3.05, 3.63) is 76.3 Å². The van der Waals surface area contributed by atoms with Crippen LogP contribution in [-0.4, -0.2) is 20.9 Å². The van der Waals surface area contributed by atoms with Crippen LogP contribution in [0.25, 0.3) is 0 Å². The van der Waals surface area contributed by atoms with Gasteiger partial charge in [-0.25, -0.2) is 9.97 Å². The van der Waals surface area contributed by atoms with Crippen LogP contribution in [0.1, 0.15) is 21.7 Å². The van der Waals surface area contributed by atoms with Crippen molar-refractivity contribution in [2.24, 2.45) is 0 Å². The van der Waals surface area contributed by atoms with Gasteiger partial charge in [-0.05, 0) is 48.9 Å². The fourth-order valence-corrected chi connectivity index (χ4v) is 2.44. The molecule has 3 aromatic rings. The monoisotopic (exact) mass is 397 g/mol. The summed E-state index contributed by atoms with van der Waals surface area (Å²) in [6.07, 6.45) is 3.49. The number of pyridine rings is 1. The van der Waals surface area contributed by atoms with E-state index in [1.165, 1.54) is 0 Å². The molecular weight excluding hydrogens is 382 g/mol. The smallest absolute Gasteiger partial charge is 0.274 e. The van der Waals surface area contributed by atoms with Gasteiger partial charge in [-0.2, -0.15) is 0 Å². The van der Waals surface area contributed by atoms with Crippen molar-refractivity contribution in [3.8, 4) is 0 Å². The number of benzene rings is 1. The quantitative estimate of drug-likeness (QED) is 0.684. The Morgan fingerprint density at radius 2 is 1.96 bits per heavy atom. The number of amides is 1. The highest BCUT2D eigenvalue weighted by atomic mass is 79.9. The molecule has 6 nitrogen and oxygen atoms in total. The molecule has 0 spiro atoms. The molecule has 2 heterocycles. The highest BCUT2D eigenvalue weighted by molar-refractivity contribution is 9.10. The molecule has 1 amide bonds. The van der Waals surface area contributed by atoms with Gasteiger partial charge in [-0.1, -0.05) is 22.0 Å². The van der Waals surface area contributed by atoms with Crippen molar-refractivity contribution in [2.45, 2.75) is 13.5 Å². The number of rotatable bonds is 5. The summed E-state index contributed by atoms with van der Waals surface area (Å²) in [6, 6.07) is 12.8. The SMILES string of the molecule is Cc1cc(C(=O)Nc2ccc(Br)cc2)nc(NCc2cccnc2)n1. The number of hydrogen-bond donors (Lipinski definition) is 2. The molecule has 25 heavy (non-hydrogen) atoms. The number of halogens is 1. The lowest BCUT2D eigenvalue weighted by molar-refractivity contribution is 0.102. The minimum Gasteiger partial charge on any atom is -0.350 e. The number of aromatic nitrogens is 3. The maximum absolute atomic E-state index is 12.4. The summed E-state index contributed by atoms with van der Waals surface area (Å²) >= 11 is 3.37. The predicted octanol–water partition coefficient (Wildman–Crippen LogP) is 3.81. The van der Waals surface area contributed by atoms with Gasteiger partial charge in [0, 0.05) is 34.8 Å². The molecule has 0 aliphatic heterocycles. The van der Waals surface area contributed by atoms with Crippen LogP contribution in [0.2, 0.25) is 0 Å². The number of carbonyl (C=O) groups is 1. The summed E-state index contributed by atoms with van der Waals surface area (Å²) in [5.74, 6) is 0.127. The Balaban J connectivity index is 1.72. The predicted molar refractivity (Wildman–Crippen MR) is 100 cm³/mol. The van der Waals surface area contributed by atoms with Gasteiger partial charge in [-0.3, -0.25) is 9.78 Å². The van der Waals surface area contributed by atoms with E-state index in [1.54, 1.807) is 18.5 Å². The van der Waals surface area contributed by atoms with Gasteiger partial charge < -0.3 is 10.6 Å². The van der Waals surface area contributed by atoms with E-state index < -0.39 is 0 Å². The number of nitrogens with zero attached hydrogens (tertiary/aromatic N) is 3. The third-order valence-electron chi connectivity index (χ3n) is 3.36. The molecule has 126 valence electrons. The van der Waals surface area contributed by atoms with E-state index in [-0.39, 0.29) is 5.91 Å². The fraction of sp³-hybridized carbons (Fsp3) is 0.111. The van der Waals surface area contributed by atoms with Crippen molar-refractivity contribution < 1.29 is 4.79 Å². The molecule has 0 atom stereocenters. The largest absolute Gasteiger partial charge is 0.350 e. The van der Waals surface area contributed by atoms with Crippen molar-refractivity contribution in [1.82, 2.24) is 15.0 Å².